The van der Waals surface area contributed by atoms with Crippen LogP contribution in [0.1, 0.15) is 12.5 Å². The van der Waals surface area contributed by atoms with Crippen LogP contribution in [0.4, 0.5) is 0 Å². The van der Waals surface area contributed by atoms with Gasteiger partial charge in [-0.05, 0) is 31.0 Å². The van der Waals surface area contributed by atoms with Crippen molar-refractivity contribution in [2.75, 3.05) is 26.2 Å². The Labute approximate surface area is 91.5 Å². The maximum atomic E-state index is 4.03. The number of nitrogens with one attached hydrogen (secondary N) is 1. The molecule has 0 spiro atoms. The van der Waals surface area contributed by atoms with Gasteiger partial charge >= 0.3 is 0 Å². The van der Waals surface area contributed by atoms with Gasteiger partial charge in [0.1, 0.15) is 0 Å². The molecule has 15 heavy (non-hydrogen) atoms. The molecular formula is C12H19N3. The normalized spacial score (nSPS) is 22.9. The maximum Gasteiger partial charge on any atom is 0.0270 e. The van der Waals surface area contributed by atoms with E-state index in [0.29, 0.717) is 6.04 Å². The summed E-state index contributed by atoms with van der Waals surface area (Å²) in [6, 6.07) is 4.88. The molecule has 0 saturated carbocycles. The van der Waals surface area contributed by atoms with E-state index in [9.17, 15) is 0 Å². The van der Waals surface area contributed by atoms with Crippen LogP contribution in [0.2, 0.25) is 0 Å². The van der Waals surface area contributed by atoms with E-state index in [2.05, 4.69) is 34.3 Å². The molecule has 0 radical (unpaired) electrons. The minimum absolute atomic E-state index is 0.667. The van der Waals surface area contributed by atoms with E-state index in [1.165, 1.54) is 12.1 Å². The molecule has 1 aromatic heterocycles. The third kappa shape index (κ3) is 3.01. The first-order valence-electron chi connectivity index (χ1n) is 5.70. The fourth-order valence-corrected chi connectivity index (χ4v) is 2.04. The molecule has 3 heteroatoms. The third-order valence-electron chi connectivity index (χ3n) is 3.08. The molecule has 2 rings (SSSR count). The highest BCUT2D eigenvalue weighted by molar-refractivity contribution is 5.10. The lowest BCUT2D eigenvalue weighted by Gasteiger charge is -2.33. The van der Waals surface area contributed by atoms with E-state index in [0.717, 1.165) is 26.1 Å². The van der Waals surface area contributed by atoms with E-state index >= 15 is 0 Å². The summed E-state index contributed by atoms with van der Waals surface area (Å²) in [7, 11) is 0. The molecule has 0 aromatic carbocycles. The fourth-order valence-electron chi connectivity index (χ4n) is 2.04. The Morgan fingerprint density at radius 1 is 1.47 bits per heavy atom. The van der Waals surface area contributed by atoms with Crippen LogP contribution in [0.3, 0.4) is 0 Å². The number of nitrogens with zero attached hydrogens (tertiary/aromatic N) is 2. The zero-order chi connectivity index (χ0) is 10.5. The van der Waals surface area contributed by atoms with Crippen LogP contribution in [0, 0.1) is 0 Å². The van der Waals surface area contributed by atoms with Crippen LogP contribution in [0.5, 0.6) is 0 Å². The Balaban J connectivity index is 1.82. The van der Waals surface area contributed by atoms with Crippen LogP contribution in [0.15, 0.2) is 24.5 Å². The zero-order valence-corrected chi connectivity index (χ0v) is 9.32. The lowest BCUT2D eigenvalue weighted by Crippen LogP contribution is -2.50. The van der Waals surface area contributed by atoms with Crippen molar-refractivity contribution in [1.82, 2.24) is 15.2 Å². The summed E-state index contributed by atoms with van der Waals surface area (Å²) >= 11 is 0. The summed E-state index contributed by atoms with van der Waals surface area (Å²) < 4.78 is 0. The second-order valence-electron chi connectivity index (χ2n) is 4.19. The average Bonchev–Trinajstić information content (AvgIpc) is 2.29. The van der Waals surface area contributed by atoms with Gasteiger partial charge in [0, 0.05) is 44.6 Å². The molecule has 1 fully saturated rings. The van der Waals surface area contributed by atoms with Crippen molar-refractivity contribution in [2.24, 2.45) is 0 Å². The highest BCUT2D eigenvalue weighted by Crippen LogP contribution is 2.05. The minimum Gasteiger partial charge on any atom is -0.314 e. The standard InChI is InChI=1S/C12H19N3/c1-11-10-14-7-9-15(11)8-4-12-2-5-13-6-3-12/h2-3,5-6,11,14H,4,7-10H2,1H3. The monoisotopic (exact) mass is 205 g/mol. The summed E-state index contributed by atoms with van der Waals surface area (Å²) in [5, 5.41) is 3.41. The van der Waals surface area contributed by atoms with E-state index in [1.807, 2.05) is 12.4 Å². The van der Waals surface area contributed by atoms with Crippen molar-refractivity contribution in [3.63, 3.8) is 0 Å². The number of rotatable bonds is 3. The van der Waals surface area contributed by atoms with Gasteiger partial charge in [0.15, 0.2) is 0 Å². The van der Waals surface area contributed by atoms with Gasteiger partial charge in [-0.15, -0.1) is 0 Å². The Morgan fingerprint density at radius 3 is 3.00 bits per heavy atom. The van der Waals surface area contributed by atoms with E-state index in [1.54, 1.807) is 0 Å². The van der Waals surface area contributed by atoms with Gasteiger partial charge in [0.25, 0.3) is 0 Å². The number of pyridine rings is 1. The first-order chi connectivity index (χ1) is 7.36. The Kier molecular flexibility index (Phi) is 3.69. The van der Waals surface area contributed by atoms with E-state index in [4.69, 9.17) is 0 Å². The molecule has 1 aromatic rings. The summed E-state index contributed by atoms with van der Waals surface area (Å²) in [5.74, 6) is 0. The van der Waals surface area contributed by atoms with Crippen molar-refractivity contribution in [3.8, 4) is 0 Å². The van der Waals surface area contributed by atoms with Crippen molar-refractivity contribution < 1.29 is 0 Å². The van der Waals surface area contributed by atoms with Gasteiger partial charge < -0.3 is 5.32 Å². The van der Waals surface area contributed by atoms with E-state index < -0.39 is 0 Å². The lowest BCUT2D eigenvalue weighted by atomic mass is 10.1. The molecular weight excluding hydrogens is 186 g/mol. The third-order valence-corrected chi connectivity index (χ3v) is 3.08. The lowest BCUT2D eigenvalue weighted by molar-refractivity contribution is 0.176. The second kappa shape index (κ2) is 5.24. The quantitative estimate of drug-likeness (QED) is 0.795. The first-order valence-corrected chi connectivity index (χ1v) is 5.70. The molecule has 2 heterocycles. The second-order valence-corrected chi connectivity index (χ2v) is 4.19. The summed E-state index contributed by atoms with van der Waals surface area (Å²) in [5.41, 5.74) is 1.38. The van der Waals surface area contributed by atoms with Crippen molar-refractivity contribution in [3.05, 3.63) is 30.1 Å². The minimum atomic E-state index is 0.667. The number of hydrogen-bond donors (Lipinski definition) is 1. The van der Waals surface area contributed by atoms with Gasteiger partial charge in [0.05, 0.1) is 0 Å². The first kappa shape index (κ1) is 10.6. The molecule has 1 N–H and O–H groups in total. The van der Waals surface area contributed by atoms with Gasteiger partial charge in [0.2, 0.25) is 0 Å². The number of piperazine rings is 1. The molecule has 82 valence electrons. The van der Waals surface area contributed by atoms with Gasteiger partial charge in [-0.1, -0.05) is 0 Å². The van der Waals surface area contributed by atoms with Crippen LogP contribution < -0.4 is 5.32 Å². The molecule has 1 unspecified atom stereocenters. The molecule has 1 aliphatic rings. The maximum absolute atomic E-state index is 4.03. The smallest absolute Gasteiger partial charge is 0.0270 e. The highest BCUT2D eigenvalue weighted by atomic mass is 15.2. The van der Waals surface area contributed by atoms with Crippen LogP contribution in [-0.2, 0) is 6.42 Å². The highest BCUT2D eigenvalue weighted by Gasteiger charge is 2.16. The molecule has 1 saturated heterocycles. The Hall–Kier alpha value is -0.930. The van der Waals surface area contributed by atoms with Gasteiger partial charge in [-0.3, -0.25) is 9.88 Å². The molecule has 3 nitrogen and oxygen atoms in total. The van der Waals surface area contributed by atoms with Crippen LogP contribution in [-0.4, -0.2) is 42.1 Å². The van der Waals surface area contributed by atoms with Crippen LogP contribution >= 0.6 is 0 Å². The summed E-state index contributed by atoms with van der Waals surface area (Å²) in [6.07, 6.45) is 4.87. The van der Waals surface area contributed by atoms with Gasteiger partial charge in [-0.2, -0.15) is 0 Å². The molecule has 1 aliphatic heterocycles. The average molecular weight is 205 g/mol. The summed E-state index contributed by atoms with van der Waals surface area (Å²) in [4.78, 5) is 6.58. The van der Waals surface area contributed by atoms with Crippen molar-refractivity contribution in [1.29, 1.82) is 0 Å². The number of hydrogen-bond acceptors (Lipinski definition) is 3. The van der Waals surface area contributed by atoms with E-state index in [-0.39, 0.29) is 0 Å². The SMILES string of the molecule is CC1CNCCN1CCc1ccncc1. The Bertz CT molecular complexity index is 286. The molecule has 0 aliphatic carbocycles. The van der Waals surface area contributed by atoms with Crippen molar-refractivity contribution >= 4 is 0 Å². The number of aromatic nitrogens is 1. The Morgan fingerprint density at radius 2 is 2.27 bits per heavy atom. The topological polar surface area (TPSA) is 28.2 Å². The van der Waals surface area contributed by atoms with Crippen LogP contribution in [0.25, 0.3) is 0 Å². The fraction of sp³-hybridized carbons (Fsp3) is 0.583. The molecule has 1 atom stereocenters. The predicted octanol–water partition coefficient (Wildman–Crippen LogP) is 0.918. The predicted molar refractivity (Wildman–Crippen MR) is 61.8 cm³/mol. The zero-order valence-electron chi connectivity index (χ0n) is 9.32. The molecule has 0 bridgehead atoms. The summed E-state index contributed by atoms with van der Waals surface area (Å²) in [6.45, 7) is 6.87. The largest absolute Gasteiger partial charge is 0.314 e. The van der Waals surface area contributed by atoms with Crippen molar-refractivity contribution in [2.45, 2.75) is 19.4 Å². The van der Waals surface area contributed by atoms with Gasteiger partial charge in [-0.25, -0.2) is 0 Å². The molecule has 0 amide bonds.